The van der Waals surface area contributed by atoms with Crippen molar-refractivity contribution in [1.82, 2.24) is 9.97 Å². The Balaban J connectivity index is 1.59. The molecule has 0 unspecified atom stereocenters. The standard InChI is InChI=1S/C19H23FN4O2/c1-13-7-9-24(10-8-13)19-21-14(2)11-18(23-19)26-12-17(25)22-16-5-3-15(20)4-6-16/h3-6,11,13H,7-10,12H2,1-2H3,(H,22,25). The van der Waals surface area contributed by atoms with Crippen LogP contribution < -0.4 is 15.0 Å². The molecule has 26 heavy (non-hydrogen) atoms. The summed E-state index contributed by atoms with van der Waals surface area (Å²) in [5.41, 5.74) is 1.31. The Hall–Kier alpha value is -2.70. The average Bonchev–Trinajstić information content (AvgIpc) is 2.62. The Morgan fingerprint density at radius 2 is 1.96 bits per heavy atom. The van der Waals surface area contributed by atoms with Gasteiger partial charge in [0, 0.05) is 30.5 Å². The van der Waals surface area contributed by atoms with Gasteiger partial charge < -0.3 is 15.0 Å². The van der Waals surface area contributed by atoms with Crippen molar-refractivity contribution in [3.8, 4) is 5.88 Å². The zero-order valence-corrected chi connectivity index (χ0v) is 15.0. The summed E-state index contributed by atoms with van der Waals surface area (Å²) in [7, 11) is 0. The van der Waals surface area contributed by atoms with Gasteiger partial charge in [-0.2, -0.15) is 4.98 Å². The summed E-state index contributed by atoms with van der Waals surface area (Å²) in [5.74, 6) is 1.06. The lowest BCUT2D eigenvalue weighted by Gasteiger charge is -2.30. The van der Waals surface area contributed by atoms with Gasteiger partial charge in [0.25, 0.3) is 5.91 Å². The number of benzene rings is 1. The SMILES string of the molecule is Cc1cc(OCC(=O)Nc2ccc(F)cc2)nc(N2CCC(C)CC2)n1. The Morgan fingerprint density at radius 1 is 1.27 bits per heavy atom. The quantitative estimate of drug-likeness (QED) is 0.889. The second-order valence-electron chi connectivity index (χ2n) is 6.66. The van der Waals surface area contributed by atoms with Crippen LogP contribution in [-0.4, -0.2) is 35.6 Å². The summed E-state index contributed by atoms with van der Waals surface area (Å²) in [6, 6.07) is 7.28. The highest BCUT2D eigenvalue weighted by Gasteiger charge is 2.19. The minimum absolute atomic E-state index is 0.176. The monoisotopic (exact) mass is 358 g/mol. The molecule has 1 aromatic heterocycles. The predicted octanol–water partition coefficient (Wildman–Crippen LogP) is 3.18. The number of hydrogen-bond donors (Lipinski definition) is 1. The summed E-state index contributed by atoms with van der Waals surface area (Å²) >= 11 is 0. The fraction of sp³-hybridized carbons (Fsp3) is 0.421. The van der Waals surface area contributed by atoms with E-state index in [1.807, 2.05) is 6.92 Å². The number of aryl methyl sites for hydroxylation is 1. The number of aromatic nitrogens is 2. The molecular formula is C19H23FN4O2. The maximum atomic E-state index is 12.9. The number of amides is 1. The van der Waals surface area contributed by atoms with Crippen LogP contribution in [0.15, 0.2) is 30.3 Å². The van der Waals surface area contributed by atoms with Crippen LogP contribution in [0.3, 0.4) is 0 Å². The maximum absolute atomic E-state index is 12.9. The minimum atomic E-state index is -0.352. The van der Waals surface area contributed by atoms with Crippen molar-refractivity contribution in [2.45, 2.75) is 26.7 Å². The smallest absolute Gasteiger partial charge is 0.262 e. The van der Waals surface area contributed by atoms with Crippen molar-refractivity contribution in [2.24, 2.45) is 5.92 Å². The van der Waals surface area contributed by atoms with Gasteiger partial charge in [0.15, 0.2) is 6.61 Å². The van der Waals surface area contributed by atoms with E-state index in [-0.39, 0.29) is 18.3 Å². The molecule has 0 radical (unpaired) electrons. The average molecular weight is 358 g/mol. The molecule has 1 N–H and O–H groups in total. The molecule has 1 saturated heterocycles. The molecule has 6 nitrogen and oxygen atoms in total. The van der Waals surface area contributed by atoms with Crippen LogP contribution in [0, 0.1) is 18.7 Å². The van der Waals surface area contributed by atoms with Gasteiger partial charge in [-0.25, -0.2) is 9.37 Å². The van der Waals surface area contributed by atoms with Gasteiger partial charge in [-0.1, -0.05) is 6.92 Å². The van der Waals surface area contributed by atoms with E-state index >= 15 is 0 Å². The number of carbonyl (C=O) groups excluding carboxylic acids is 1. The van der Waals surface area contributed by atoms with Crippen LogP contribution in [0.4, 0.5) is 16.0 Å². The van der Waals surface area contributed by atoms with Crippen LogP contribution >= 0.6 is 0 Å². The van der Waals surface area contributed by atoms with Gasteiger partial charge in [-0.3, -0.25) is 4.79 Å². The third kappa shape index (κ3) is 4.91. The molecule has 0 aliphatic carbocycles. The van der Waals surface area contributed by atoms with E-state index in [4.69, 9.17) is 4.74 Å². The van der Waals surface area contributed by atoms with Crippen molar-refractivity contribution in [3.05, 3.63) is 41.8 Å². The number of piperidine rings is 1. The first-order chi connectivity index (χ1) is 12.5. The Labute approximate surface area is 152 Å². The van der Waals surface area contributed by atoms with Crippen LogP contribution in [0.25, 0.3) is 0 Å². The molecule has 1 fully saturated rings. The normalized spacial score (nSPS) is 15.0. The molecule has 1 amide bonds. The zero-order valence-electron chi connectivity index (χ0n) is 15.0. The van der Waals surface area contributed by atoms with Crippen LogP contribution in [0.2, 0.25) is 0 Å². The number of carbonyl (C=O) groups is 1. The molecule has 0 bridgehead atoms. The molecule has 138 valence electrons. The van der Waals surface area contributed by atoms with E-state index in [1.165, 1.54) is 24.3 Å². The summed E-state index contributed by atoms with van der Waals surface area (Å²) in [6.45, 7) is 5.81. The van der Waals surface area contributed by atoms with E-state index in [1.54, 1.807) is 6.07 Å². The molecule has 1 aromatic carbocycles. The number of ether oxygens (including phenoxy) is 1. The minimum Gasteiger partial charge on any atom is -0.467 e. The lowest BCUT2D eigenvalue weighted by molar-refractivity contribution is -0.118. The fourth-order valence-electron chi connectivity index (χ4n) is 2.82. The highest BCUT2D eigenvalue weighted by atomic mass is 19.1. The predicted molar refractivity (Wildman–Crippen MR) is 97.9 cm³/mol. The first-order valence-electron chi connectivity index (χ1n) is 8.78. The maximum Gasteiger partial charge on any atom is 0.262 e. The van der Waals surface area contributed by atoms with E-state index in [0.717, 1.165) is 37.5 Å². The van der Waals surface area contributed by atoms with E-state index in [2.05, 4.69) is 27.1 Å². The van der Waals surface area contributed by atoms with Crippen LogP contribution in [0.5, 0.6) is 5.88 Å². The van der Waals surface area contributed by atoms with Gasteiger partial charge >= 0.3 is 0 Å². The number of rotatable bonds is 5. The zero-order chi connectivity index (χ0) is 18.5. The molecule has 7 heteroatoms. The fourth-order valence-corrected chi connectivity index (χ4v) is 2.82. The number of nitrogens with zero attached hydrogens (tertiary/aromatic N) is 3. The highest BCUT2D eigenvalue weighted by molar-refractivity contribution is 5.91. The van der Waals surface area contributed by atoms with Gasteiger partial charge in [-0.15, -0.1) is 0 Å². The molecule has 1 aliphatic heterocycles. The second kappa shape index (κ2) is 8.12. The summed E-state index contributed by atoms with van der Waals surface area (Å²) in [5, 5.41) is 2.65. The molecule has 1 aliphatic rings. The second-order valence-corrected chi connectivity index (χ2v) is 6.66. The number of halogens is 1. The summed E-state index contributed by atoms with van der Waals surface area (Å²) in [4.78, 5) is 23.1. The van der Waals surface area contributed by atoms with Gasteiger partial charge in [0.2, 0.25) is 11.8 Å². The lowest BCUT2D eigenvalue weighted by Crippen LogP contribution is -2.34. The van der Waals surface area contributed by atoms with Gasteiger partial charge in [-0.05, 0) is 49.9 Å². The third-order valence-electron chi connectivity index (χ3n) is 4.36. The lowest BCUT2D eigenvalue weighted by atomic mass is 10.00. The molecule has 2 heterocycles. The third-order valence-corrected chi connectivity index (χ3v) is 4.36. The molecule has 3 rings (SSSR count). The Kier molecular flexibility index (Phi) is 5.65. The van der Waals surface area contributed by atoms with Crippen LogP contribution in [0.1, 0.15) is 25.5 Å². The molecule has 2 aromatic rings. The summed E-state index contributed by atoms with van der Waals surface area (Å²) < 4.78 is 18.4. The molecule has 0 saturated carbocycles. The largest absolute Gasteiger partial charge is 0.467 e. The summed E-state index contributed by atoms with van der Waals surface area (Å²) in [6.07, 6.45) is 2.24. The van der Waals surface area contributed by atoms with Crippen molar-refractivity contribution in [3.63, 3.8) is 0 Å². The Bertz CT molecular complexity index is 759. The van der Waals surface area contributed by atoms with Gasteiger partial charge in [0.05, 0.1) is 0 Å². The number of hydrogen-bond acceptors (Lipinski definition) is 5. The first-order valence-corrected chi connectivity index (χ1v) is 8.78. The molecule has 0 spiro atoms. The molecule has 0 atom stereocenters. The van der Waals surface area contributed by atoms with Gasteiger partial charge in [0.1, 0.15) is 5.82 Å². The van der Waals surface area contributed by atoms with Crippen molar-refractivity contribution in [1.29, 1.82) is 0 Å². The highest BCUT2D eigenvalue weighted by Crippen LogP contribution is 2.22. The van der Waals surface area contributed by atoms with E-state index < -0.39 is 0 Å². The van der Waals surface area contributed by atoms with E-state index in [0.29, 0.717) is 17.5 Å². The van der Waals surface area contributed by atoms with Crippen molar-refractivity contribution < 1.29 is 13.9 Å². The Morgan fingerprint density at radius 3 is 2.65 bits per heavy atom. The topological polar surface area (TPSA) is 67.3 Å². The number of anilines is 2. The van der Waals surface area contributed by atoms with Crippen molar-refractivity contribution in [2.75, 3.05) is 29.9 Å². The first kappa shape index (κ1) is 18.1. The van der Waals surface area contributed by atoms with Crippen molar-refractivity contribution >= 4 is 17.5 Å². The van der Waals surface area contributed by atoms with E-state index in [9.17, 15) is 9.18 Å². The molecular weight excluding hydrogens is 335 g/mol. The van der Waals surface area contributed by atoms with Crippen LogP contribution in [-0.2, 0) is 4.79 Å². The number of nitrogens with one attached hydrogen (secondary N) is 1.